The fraction of sp³-hybridized carbons (Fsp3) is 0.333. The summed E-state index contributed by atoms with van der Waals surface area (Å²) in [4.78, 5) is 27.1. The molecule has 1 aromatic carbocycles. The lowest BCUT2D eigenvalue weighted by atomic mass is 10.1. The normalized spacial score (nSPS) is 14.4. The zero-order valence-electron chi connectivity index (χ0n) is 14.2. The molecular formula is C18H21N3O3S. The van der Waals surface area contributed by atoms with E-state index in [9.17, 15) is 9.59 Å². The second-order valence-electron chi connectivity index (χ2n) is 5.94. The van der Waals surface area contributed by atoms with Crippen LogP contribution in [0.5, 0.6) is 0 Å². The van der Waals surface area contributed by atoms with Crippen LogP contribution in [0.4, 0.5) is 16.2 Å². The number of nitrogens with one attached hydrogen (secondary N) is 2. The van der Waals surface area contributed by atoms with Crippen LogP contribution in [-0.2, 0) is 22.5 Å². The number of fused-ring (bicyclic) bond motifs is 1. The highest BCUT2D eigenvalue weighted by molar-refractivity contribution is 7.10. The Morgan fingerprint density at radius 1 is 1.20 bits per heavy atom. The molecule has 132 valence electrons. The van der Waals surface area contributed by atoms with Crippen molar-refractivity contribution in [2.24, 2.45) is 0 Å². The van der Waals surface area contributed by atoms with Crippen LogP contribution in [0.2, 0.25) is 0 Å². The second kappa shape index (κ2) is 7.57. The lowest BCUT2D eigenvalue weighted by Gasteiger charge is -2.30. The third-order valence-electron chi connectivity index (χ3n) is 4.19. The first-order valence-electron chi connectivity index (χ1n) is 8.12. The van der Waals surface area contributed by atoms with E-state index in [1.54, 1.807) is 23.5 Å². The quantitative estimate of drug-likeness (QED) is 0.879. The van der Waals surface area contributed by atoms with Crippen molar-refractivity contribution in [2.45, 2.75) is 25.9 Å². The van der Waals surface area contributed by atoms with Crippen LogP contribution in [0.1, 0.15) is 17.4 Å². The van der Waals surface area contributed by atoms with Gasteiger partial charge in [0, 0.05) is 29.3 Å². The van der Waals surface area contributed by atoms with Crippen molar-refractivity contribution in [1.82, 2.24) is 4.90 Å². The summed E-state index contributed by atoms with van der Waals surface area (Å²) < 4.78 is 4.55. The van der Waals surface area contributed by atoms with E-state index in [1.165, 1.54) is 17.6 Å². The van der Waals surface area contributed by atoms with Gasteiger partial charge < -0.3 is 15.0 Å². The molecule has 0 saturated heterocycles. The number of thiophene rings is 1. The number of benzene rings is 1. The minimum absolute atomic E-state index is 0.0913. The molecule has 0 bridgehead atoms. The topological polar surface area (TPSA) is 70.7 Å². The monoisotopic (exact) mass is 359 g/mol. The van der Waals surface area contributed by atoms with E-state index in [2.05, 4.69) is 26.8 Å². The van der Waals surface area contributed by atoms with Gasteiger partial charge in [0.1, 0.15) is 6.04 Å². The summed E-state index contributed by atoms with van der Waals surface area (Å²) in [5.74, 6) is 0.0913. The number of carbonyl (C=O) groups is 2. The fourth-order valence-electron chi connectivity index (χ4n) is 2.84. The molecule has 0 aliphatic carbocycles. The van der Waals surface area contributed by atoms with E-state index in [0.29, 0.717) is 12.2 Å². The van der Waals surface area contributed by atoms with Crippen molar-refractivity contribution >= 4 is 34.7 Å². The molecule has 0 spiro atoms. The molecule has 1 atom stereocenters. The molecule has 3 rings (SSSR count). The molecule has 0 fully saturated rings. The number of anilines is 2. The summed E-state index contributed by atoms with van der Waals surface area (Å²) >= 11 is 1.76. The summed E-state index contributed by atoms with van der Waals surface area (Å²) in [6, 6.07) is 8.94. The lowest BCUT2D eigenvalue weighted by molar-refractivity contribution is -0.132. The van der Waals surface area contributed by atoms with E-state index in [-0.39, 0.29) is 11.9 Å². The van der Waals surface area contributed by atoms with Gasteiger partial charge in [-0.3, -0.25) is 10.1 Å². The molecule has 2 aromatic rings. The number of hydrogen-bond donors (Lipinski definition) is 2. The molecule has 1 unspecified atom stereocenters. The molecule has 2 amide bonds. The molecule has 25 heavy (non-hydrogen) atoms. The third-order valence-corrected chi connectivity index (χ3v) is 5.21. The van der Waals surface area contributed by atoms with E-state index < -0.39 is 6.09 Å². The Balaban J connectivity index is 1.57. The van der Waals surface area contributed by atoms with E-state index in [0.717, 1.165) is 18.7 Å². The van der Waals surface area contributed by atoms with Crippen LogP contribution < -0.4 is 10.6 Å². The zero-order valence-corrected chi connectivity index (χ0v) is 15.1. The number of methoxy groups -OCH3 is 1. The first-order chi connectivity index (χ1) is 12.1. The highest BCUT2D eigenvalue weighted by Crippen LogP contribution is 2.24. The predicted molar refractivity (Wildman–Crippen MR) is 99.0 cm³/mol. The molecular weight excluding hydrogens is 338 g/mol. The Morgan fingerprint density at radius 3 is 2.64 bits per heavy atom. The maximum absolute atomic E-state index is 12.7. The van der Waals surface area contributed by atoms with Gasteiger partial charge in [-0.25, -0.2) is 4.79 Å². The maximum atomic E-state index is 12.7. The Morgan fingerprint density at radius 2 is 1.92 bits per heavy atom. The minimum Gasteiger partial charge on any atom is -0.453 e. The van der Waals surface area contributed by atoms with E-state index in [1.807, 2.05) is 24.0 Å². The number of carbonyl (C=O) groups excluding carboxylic acids is 2. The molecule has 1 aliphatic rings. The molecule has 1 aromatic heterocycles. The smallest absolute Gasteiger partial charge is 0.411 e. The lowest BCUT2D eigenvalue weighted by Crippen LogP contribution is -2.43. The molecule has 2 N–H and O–H groups in total. The average molecular weight is 359 g/mol. The van der Waals surface area contributed by atoms with Crippen molar-refractivity contribution in [2.75, 3.05) is 24.3 Å². The van der Waals surface area contributed by atoms with Crippen molar-refractivity contribution in [3.05, 3.63) is 46.2 Å². The van der Waals surface area contributed by atoms with Crippen LogP contribution in [0, 0.1) is 0 Å². The van der Waals surface area contributed by atoms with Gasteiger partial charge in [0.15, 0.2) is 0 Å². The highest BCUT2D eigenvalue weighted by Gasteiger charge is 2.25. The van der Waals surface area contributed by atoms with Crippen LogP contribution in [0.25, 0.3) is 0 Å². The standard InChI is InChI=1S/C18H21N3O3S/c1-12(17(22)21-9-7-16-13(11-21)8-10-25-16)19-14-3-5-15(6-4-14)20-18(23)24-2/h3-6,8,10,12,19H,7,9,11H2,1-2H3,(H,20,23). The van der Waals surface area contributed by atoms with Gasteiger partial charge in [-0.15, -0.1) is 11.3 Å². The van der Waals surface area contributed by atoms with Crippen LogP contribution in [0.15, 0.2) is 35.7 Å². The number of amides is 2. The average Bonchev–Trinajstić information content (AvgIpc) is 3.10. The van der Waals surface area contributed by atoms with Crippen LogP contribution >= 0.6 is 11.3 Å². The fourth-order valence-corrected chi connectivity index (χ4v) is 3.73. The SMILES string of the molecule is COC(=O)Nc1ccc(NC(C)C(=O)N2CCc3sccc3C2)cc1. The van der Waals surface area contributed by atoms with E-state index >= 15 is 0 Å². The Bertz CT molecular complexity index is 757. The first-order valence-corrected chi connectivity index (χ1v) is 9.00. The van der Waals surface area contributed by atoms with Gasteiger partial charge in [0.2, 0.25) is 5.91 Å². The number of rotatable bonds is 4. The third kappa shape index (κ3) is 4.11. The van der Waals surface area contributed by atoms with Crippen molar-refractivity contribution < 1.29 is 14.3 Å². The Labute approximate surface area is 150 Å². The molecule has 6 nitrogen and oxygen atoms in total. The van der Waals surface area contributed by atoms with Gasteiger partial charge >= 0.3 is 6.09 Å². The Hall–Kier alpha value is -2.54. The zero-order chi connectivity index (χ0) is 17.8. The number of nitrogens with zero attached hydrogens (tertiary/aromatic N) is 1. The summed E-state index contributed by atoms with van der Waals surface area (Å²) in [6.45, 7) is 3.32. The van der Waals surface area contributed by atoms with Gasteiger partial charge in [-0.1, -0.05) is 0 Å². The molecule has 2 heterocycles. The van der Waals surface area contributed by atoms with Crippen LogP contribution in [-0.4, -0.2) is 36.6 Å². The summed E-state index contributed by atoms with van der Waals surface area (Å²) in [5.41, 5.74) is 2.72. The Kier molecular flexibility index (Phi) is 5.23. The largest absolute Gasteiger partial charge is 0.453 e. The van der Waals surface area contributed by atoms with Crippen molar-refractivity contribution in [3.8, 4) is 0 Å². The first kappa shape index (κ1) is 17.3. The number of hydrogen-bond acceptors (Lipinski definition) is 5. The van der Waals surface area contributed by atoms with Gasteiger partial charge in [-0.05, 0) is 54.6 Å². The number of ether oxygens (including phenoxy) is 1. The second-order valence-corrected chi connectivity index (χ2v) is 6.94. The highest BCUT2D eigenvalue weighted by atomic mass is 32.1. The van der Waals surface area contributed by atoms with Gasteiger partial charge in [0.05, 0.1) is 7.11 Å². The van der Waals surface area contributed by atoms with Gasteiger partial charge in [0.25, 0.3) is 0 Å². The van der Waals surface area contributed by atoms with E-state index in [4.69, 9.17) is 0 Å². The maximum Gasteiger partial charge on any atom is 0.411 e. The predicted octanol–water partition coefficient (Wildman–Crippen LogP) is 3.31. The summed E-state index contributed by atoms with van der Waals surface area (Å²) in [6.07, 6.45) is 0.418. The van der Waals surface area contributed by atoms with Crippen molar-refractivity contribution in [3.63, 3.8) is 0 Å². The molecule has 0 saturated carbocycles. The minimum atomic E-state index is -0.512. The van der Waals surface area contributed by atoms with Crippen LogP contribution in [0.3, 0.4) is 0 Å². The van der Waals surface area contributed by atoms with Gasteiger partial charge in [-0.2, -0.15) is 0 Å². The molecule has 7 heteroatoms. The summed E-state index contributed by atoms with van der Waals surface area (Å²) in [5, 5.41) is 7.90. The molecule has 0 radical (unpaired) electrons. The van der Waals surface area contributed by atoms with Crippen molar-refractivity contribution in [1.29, 1.82) is 0 Å². The molecule has 1 aliphatic heterocycles. The summed E-state index contributed by atoms with van der Waals surface area (Å²) in [7, 11) is 1.32.